The normalized spacial score (nSPS) is 16.3. The van der Waals surface area contributed by atoms with E-state index in [0.717, 1.165) is 0 Å². The number of hydrogen-bond acceptors (Lipinski definition) is 1. The molecule has 5 rings (SSSR count). The number of hydrogen-bond donors (Lipinski definition) is 0. The summed E-state index contributed by atoms with van der Waals surface area (Å²) < 4.78 is 0. The van der Waals surface area contributed by atoms with Crippen LogP contribution in [0.1, 0.15) is 6.92 Å². The maximum atomic E-state index is 2.48. The van der Waals surface area contributed by atoms with Crippen LogP contribution in [0.4, 0.5) is 0 Å². The van der Waals surface area contributed by atoms with Gasteiger partial charge in [0.2, 0.25) is 0 Å². The molecule has 0 N–H and O–H groups in total. The molecule has 1 aliphatic rings. The zero-order valence-electron chi connectivity index (χ0n) is 21.2. The lowest BCUT2D eigenvalue weighted by molar-refractivity contribution is 0.281. The first-order chi connectivity index (χ1) is 17.6. The van der Waals surface area contributed by atoms with Crippen molar-refractivity contribution in [3.05, 3.63) is 144 Å². The summed E-state index contributed by atoms with van der Waals surface area (Å²) >= 11 is 0. The fraction of sp³-hybridized carbons (Fsp3) is 0.152. The molecule has 0 amide bonds. The van der Waals surface area contributed by atoms with Gasteiger partial charge in [0, 0.05) is 12.0 Å². The van der Waals surface area contributed by atoms with Gasteiger partial charge in [-0.2, -0.15) is 0 Å². The highest BCUT2D eigenvalue weighted by Gasteiger charge is 2.36. The molecule has 2 atom stereocenters. The summed E-state index contributed by atoms with van der Waals surface area (Å²) in [5.41, 5.74) is 0. The molecule has 36 heavy (non-hydrogen) atoms. The van der Waals surface area contributed by atoms with E-state index in [4.69, 9.17) is 0 Å². The monoisotopic (exact) mass is 505 g/mol. The second-order valence-electron chi connectivity index (χ2n) is 9.37. The van der Waals surface area contributed by atoms with E-state index in [-0.39, 0.29) is 0 Å². The van der Waals surface area contributed by atoms with Crippen molar-refractivity contribution in [2.45, 2.75) is 13.0 Å². The maximum Gasteiger partial charge on any atom is 0.0192 e. The van der Waals surface area contributed by atoms with Crippen LogP contribution < -0.4 is 21.2 Å². The molecule has 0 radical (unpaired) electrons. The van der Waals surface area contributed by atoms with Gasteiger partial charge in [-0.15, -0.1) is 0 Å². The molecule has 4 aromatic rings. The summed E-state index contributed by atoms with van der Waals surface area (Å²) in [5.74, 6) is 0.360. The smallest absolute Gasteiger partial charge is 0.0192 e. The molecule has 0 saturated heterocycles. The molecule has 0 bridgehead atoms. The van der Waals surface area contributed by atoms with Crippen LogP contribution in [0.25, 0.3) is 0 Å². The van der Waals surface area contributed by atoms with Crippen molar-refractivity contribution in [2.75, 3.05) is 14.1 Å². The van der Waals surface area contributed by atoms with Gasteiger partial charge in [-0.05, 0) is 68.7 Å². The van der Waals surface area contributed by atoms with Crippen molar-refractivity contribution in [2.24, 2.45) is 5.92 Å². The Balaban J connectivity index is 1.79. The molecule has 180 valence electrons. The quantitative estimate of drug-likeness (QED) is 0.244. The van der Waals surface area contributed by atoms with Crippen LogP contribution in [0.2, 0.25) is 0 Å². The standard InChI is InChI=1S/C33H33NP2/c1-26(34(2)3)31-24-25-32(35(27-16-8-4-9-17-27)28-18-10-5-11-19-28)33(31)36(29-20-12-6-13-21-29)30-22-14-7-15-23-30/h4-26,31H,1-3H3/t26-,31?/m1/s1. The highest BCUT2D eigenvalue weighted by molar-refractivity contribution is 7.80. The summed E-state index contributed by atoms with van der Waals surface area (Å²) in [6.45, 7) is 2.37. The van der Waals surface area contributed by atoms with Gasteiger partial charge in [0.05, 0.1) is 0 Å². The van der Waals surface area contributed by atoms with Crippen molar-refractivity contribution in [3.8, 4) is 0 Å². The SMILES string of the molecule is C[C@H](C1C=CC(P(c2ccccc2)c2ccccc2)=C1P(c1ccccc1)c1ccccc1)N(C)C. The van der Waals surface area contributed by atoms with E-state index >= 15 is 0 Å². The molecule has 1 unspecified atom stereocenters. The molecule has 0 spiro atoms. The van der Waals surface area contributed by atoms with Crippen LogP contribution in [-0.4, -0.2) is 25.0 Å². The van der Waals surface area contributed by atoms with Crippen molar-refractivity contribution < 1.29 is 0 Å². The summed E-state index contributed by atoms with van der Waals surface area (Å²) in [6.07, 6.45) is 4.95. The third-order valence-corrected chi connectivity index (χ3v) is 12.2. The minimum Gasteiger partial charge on any atom is -0.306 e. The lowest BCUT2D eigenvalue weighted by Crippen LogP contribution is -2.33. The average Bonchev–Trinajstić information content (AvgIpc) is 3.35. The van der Waals surface area contributed by atoms with E-state index in [1.807, 2.05) is 0 Å². The minimum atomic E-state index is -0.694. The molecule has 1 nitrogen and oxygen atoms in total. The van der Waals surface area contributed by atoms with E-state index in [1.54, 1.807) is 5.31 Å². The third kappa shape index (κ3) is 5.16. The van der Waals surface area contributed by atoms with Gasteiger partial charge < -0.3 is 4.90 Å². The molecule has 1 aliphatic carbocycles. The molecule has 0 aliphatic heterocycles. The third-order valence-electron chi connectivity index (χ3n) is 6.91. The minimum absolute atomic E-state index is 0.360. The Morgan fingerprint density at radius 1 is 0.556 bits per heavy atom. The Morgan fingerprint density at radius 3 is 1.28 bits per heavy atom. The molecular weight excluding hydrogens is 472 g/mol. The number of rotatable bonds is 8. The van der Waals surface area contributed by atoms with Gasteiger partial charge in [-0.1, -0.05) is 133 Å². The largest absolute Gasteiger partial charge is 0.306 e. The molecule has 0 aromatic heterocycles. The summed E-state index contributed by atoms with van der Waals surface area (Å²) in [6, 6.07) is 45.0. The van der Waals surface area contributed by atoms with E-state index in [2.05, 4.69) is 159 Å². The summed E-state index contributed by atoms with van der Waals surface area (Å²) in [7, 11) is 3.03. The van der Waals surface area contributed by atoms with Gasteiger partial charge in [-0.25, -0.2) is 0 Å². The van der Waals surface area contributed by atoms with Crippen LogP contribution in [-0.2, 0) is 0 Å². The predicted octanol–water partition coefficient (Wildman–Crippen LogP) is 6.60. The van der Waals surface area contributed by atoms with Crippen LogP contribution in [0, 0.1) is 5.92 Å². The highest BCUT2D eigenvalue weighted by atomic mass is 31.1. The Labute approximate surface area is 218 Å². The first-order valence-corrected chi connectivity index (χ1v) is 15.2. The first kappa shape index (κ1) is 24.9. The molecule has 0 saturated carbocycles. The molecular formula is C33H33NP2. The Hall–Kier alpha value is -2.82. The lowest BCUT2D eigenvalue weighted by atomic mass is 10.0. The Kier molecular flexibility index (Phi) is 7.93. The molecule has 4 aromatic carbocycles. The van der Waals surface area contributed by atoms with Gasteiger partial charge in [-0.3, -0.25) is 0 Å². The van der Waals surface area contributed by atoms with Crippen molar-refractivity contribution in [1.82, 2.24) is 4.90 Å². The van der Waals surface area contributed by atoms with Crippen molar-refractivity contribution in [3.63, 3.8) is 0 Å². The van der Waals surface area contributed by atoms with E-state index < -0.39 is 15.8 Å². The van der Waals surface area contributed by atoms with Gasteiger partial charge in [0.25, 0.3) is 0 Å². The maximum absolute atomic E-state index is 2.48. The van der Waals surface area contributed by atoms with Crippen LogP contribution in [0.5, 0.6) is 0 Å². The van der Waals surface area contributed by atoms with Crippen LogP contribution in [0.3, 0.4) is 0 Å². The topological polar surface area (TPSA) is 3.24 Å². The number of allylic oxidation sites excluding steroid dienone is 2. The zero-order valence-corrected chi connectivity index (χ0v) is 23.0. The van der Waals surface area contributed by atoms with E-state index in [1.165, 1.54) is 26.5 Å². The first-order valence-electron chi connectivity index (χ1n) is 12.5. The average molecular weight is 506 g/mol. The lowest BCUT2D eigenvalue weighted by Gasteiger charge is -2.34. The van der Waals surface area contributed by atoms with E-state index in [9.17, 15) is 0 Å². The summed E-state index contributed by atoms with van der Waals surface area (Å²) in [4.78, 5) is 2.37. The van der Waals surface area contributed by atoms with Crippen molar-refractivity contribution >= 4 is 37.1 Å². The fourth-order valence-electron chi connectivity index (χ4n) is 4.87. The molecule has 0 heterocycles. The second-order valence-corrected chi connectivity index (χ2v) is 13.7. The fourth-order valence-corrected chi connectivity index (χ4v) is 10.6. The number of nitrogens with zero attached hydrogens (tertiary/aromatic N) is 1. The Bertz CT molecular complexity index is 1240. The van der Waals surface area contributed by atoms with Crippen molar-refractivity contribution in [1.29, 1.82) is 0 Å². The second kappa shape index (κ2) is 11.5. The van der Waals surface area contributed by atoms with Gasteiger partial charge >= 0.3 is 0 Å². The molecule has 0 fully saturated rings. The Morgan fingerprint density at radius 2 is 0.917 bits per heavy atom. The predicted molar refractivity (Wildman–Crippen MR) is 161 cm³/mol. The molecule has 3 heteroatoms. The van der Waals surface area contributed by atoms with Crippen LogP contribution in [0.15, 0.2) is 144 Å². The summed E-state index contributed by atoms with van der Waals surface area (Å²) in [5, 5.41) is 8.77. The zero-order chi connectivity index (χ0) is 24.9. The van der Waals surface area contributed by atoms with Gasteiger partial charge in [0.15, 0.2) is 0 Å². The highest BCUT2D eigenvalue weighted by Crippen LogP contribution is 2.60. The van der Waals surface area contributed by atoms with E-state index in [0.29, 0.717) is 12.0 Å². The van der Waals surface area contributed by atoms with Crippen LogP contribution >= 0.6 is 15.8 Å². The number of benzene rings is 4. The van der Waals surface area contributed by atoms with Gasteiger partial charge in [0.1, 0.15) is 0 Å².